The Morgan fingerprint density at radius 3 is 2.70 bits per heavy atom. The van der Waals surface area contributed by atoms with Crippen molar-refractivity contribution in [3.05, 3.63) is 71.6 Å². The molecule has 0 radical (unpaired) electrons. The fourth-order valence-electron chi connectivity index (χ4n) is 3.65. The average molecular weight is 369 g/mol. The lowest BCUT2D eigenvalue weighted by molar-refractivity contribution is 0.144. The Morgan fingerprint density at radius 2 is 1.93 bits per heavy atom. The Bertz CT molecular complexity index is 910. The SMILES string of the molecule is C[C@@H](c1cccc(F)c1)N1CCC[C@H](c2nc(-c3ccc(F)cc3)no2)C1. The van der Waals surface area contributed by atoms with E-state index < -0.39 is 0 Å². The molecule has 0 spiro atoms. The largest absolute Gasteiger partial charge is 0.339 e. The van der Waals surface area contributed by atoms with Crippen molar-refractivity contribution in [1.29, 1.82) is 0 Å². The van der Waals surface area contributed by atoms with Gasteiger partial charge in [0, 0.05) is 18.2 Å². The van der Waals surface area contributed by atoms with Gasteiger partial charge in [0.1, 0.15) is 11.6 Å². The number of benzene rings is 2. The van der Waals surface area contributed by atoms with Crippen molar-refractivity contribution in [3.8, 4) is 11.4 Å². The van der Waals surface area contributed by atoms with Gasteiger partial charge in [-0.25, -0.2) is 8.78 Å². The number of nitrogens with zero attached hydrogens (tertiary/aromatic N) is 3. The number of hydrogen-bond acceptors (Lipinski definition) is 4. The van der Waals surface area contributed by atoms with Crippen LogP contribution >= 0.6 is 0 Å². The third-order valence-electron chi connectivity index (χ3n) is 5.23. The molecular formula is C21H21F2N3O. The molecule has 0 aliphatic carbocycles. The molecular weight excluding hydrogens is 348 g/mol. The maximum Gasteiger partial charge on any atom is 0.231 e. The summed E-state index contributed by atoms with van der Waals surface area (Å²) >= 11 is 0. The van der Waals surface area contributed by atoms with Crippen LogP contribution in [-0.2, 0) is 0 Å². The summed E-state index contributed by atoms with van der Waals surface area (Å²) in [5.74, 6) is 0.702. The van der Waals surface area contributed by atoms with Gasteiger partial charge in [0.2, 0.25) is 11.7 Å². The second-order valence-electron chi connectivity index (χ2n) is 7.03. The van der Waals surface area contributed by atoms with E-state index in [0.29, 0.717) is 11.7 Å². The maximum absolute atomic E-state index is 13.5. The number of aromatic nitrogens is 2. The van der Waals surface area contributed by atoms with Crippen LogP contribution in [0.1, 0.15) is 43.2 Å². The number of hydrogen-bond donors (Lipinski definition) is 0. The van der Waals surface area contributed by atoms with Crippen LogP contribution in [0.2, 0.25) is 0 Å². The van der Waals surface area contributed by atoms with E-state index in [9.17, 15) is 8.78 Å². The summed E-state index contributed by atoms with van der Waals surface area (Å²) in [6.07, 6.45) is 1.98. The first-order chi connectivity index (χ1) is 13.1. The van der Waals surface area contributed by atoms with Gasteiger partial charge in [0.05, 0.1) is 5.92 Å². The third-order valence-corrected chi connectivity index (χ3v) is 5.23. The first-order valence-corrected chi connectivity index (χ1v) is 9.19. The van der Waals surface area contributed by atoms with Crippen molar-refractivity contribution in [3.63, 3.8) is 0 Å². The van der Waals surface area contributed by atoms with Gasteiger partial charge in [0.25, 0.3) is 0 Å². The summed E-state index contributed by atoms with van der Waals surface area (Å²) in [6, 6.07) is 12.9. The zero-order valence-electron chi connectivity index (χ0n) is 15.1. The van der Waals surface area contributed by atoms with E-state index in [1.165, 1.54) is 18.2 Å². The molecule has 0 N–H and O–H groups in total. The Labute approximate surface area is 156 Å². The monoisotopic (exact) mass is 369 g/mol. The van der Waals surface area contributed by atoms with Crippen LogP contribution in [0.5, 0.6) is 0 Å². The quantitative estimate of drug-likeness (QED) is 0.652. The smallest absolute Gasteiger partial charge is 0.231 e. The van der Waals surface area contributed by atoms with Gasteiger partial charge >= 0.3 is 0 Å². The summed E-state index contributed by atoms with van der Waals surface area (Å²) in [5, 5.41) is 4.05. The van der Waals surface area contributed by atoms with Gasteiger partial charge < -0.3 is 4.52 Å². The van der Waals surface area contributed by atoms with Crippen molar-refractivity contribution in [1.82, 2.24) is 15.0 Å². The van der Waals surface area contributed by atoms with E-state index >= 15 is 0 Å². The van der Waals surface area contributed by atoms with Crippen LogP contribution in [0.15, 0.2) is 53.1 Å². The topological polar surface area (TPSA) is 42.2 Å². The fourth-order valence-corrected chi connectivity index (χ4v) is 3.65. The molecule has 4 nitrogen and oxygen atoms in total. The molecule has 1 aromatic heterocycles. The molecule has 0 amide bonds. The molecule has 1 aliphatic rings. The second kappa shape index (κ2) is 7.56. The lowest BCUT2D eigenvalue weighted by Gasteiger charge is -2.35. The van der Waals surface area contributed by atoms with Gasteiger partial charge in [0.15, 0.2) is 0 Å². The third kappa shape index (κ3) is 3.90. The normalized spacial score (nSPS) is 19.1. The Morgan fingerprint density at radius 1 is 1.11 bits per heavy atom. The van der Waals surface area contributed by atoms with Crippen molar-refractivity contribution in [2.75, 3.05) is 13.1 Å². The highest BCUT2D eigenvalue weighted by atomic mass is 19.1. The second-order valence-corrected chi connectivity index (χ2v) is 7.03. The molecule has 3 aromatic rings. The van der Waals surface area contributed by atoms with Crippen molar-refractivity contribution >= 4 is 0 Å². The predicted octanol–water partition coefficient (Wildman–Crippen LogP) is 4.96. The first-order valence-electron chi connectivity index (χ1n) is 9.19. The molecule has 2 aromatic carbocycles. The Hall–Kier alpha value is -2.60. The number of likely N-dealkylation sites (tertiary alicyclic amines) is 1. The fraction of sp³-hybridized carbons (Fsp3) is 0.333. The van der Waals surface area contributed by atoms with E-state index in [0.717, 1.165) is 37.1 Å². The van der Waals surface area contributed by atoms with Gasteiger partial charge in [-0.1, -0.05) is 17.3 Å². The molecule has 4 rings (SSSR count). The molecule has 0 bridgehead atoms. The van der Waals surface area contributed by atoms with Crippen LogP contribution in [0.4, 0.5) is 8.78 Å². The van der Waals surface area contributed by atoms with Gasteiger partial charge in [-0.15, -0.1) is 0 Å². The maximum atomic E-state index is 13.5. The highest BCUT2D eigenvalue weighted by molar-refractivity contribution is 5.53. The van der Waals surface area contributed by atoms with Crippen LogP contribution in [0, 0.1) is 11.6 Å². The van der Waals surface area contributed by atoms with Crippen LogP contribution < -0.4 is 0 Å². The lowest BCUT2D eigenvalue weighted by Crippen LogP contribution is -2.36. The predicted molar refractivity (Wildman–Crippen MR) is 98.1 cm³/mol. The standard InChI is InChI=1S/C21H21F2N3O/c1-14(16-4-2-6-19(23)12-16)26-11-3-5-17(13-26)21-24-20(25-27-21)15-7-9-18(22)10-8-15/h2,4,6-10,12,14,17H,3,5,11,13H2,1H3/t14-,17-/m0/s1. The van der Waals surface area contributed by atoms with Crippen LogP contribution in [0.25, 0.3) is 11.4 Å². The summed E-state index contributed by atoms with van der Waals surface area (Å²) in [4.78, 5) is 6.85. The molecule has 1 aliphatic heterocycles. The zero-order chi connectivity index (χ0) is 18.8. The minimum atomic E-state index is -0.295. The lowest BCUT2D eigenvalue weighted by atomic mass is 9.95. The molecule has 6 heteroatoms. The number of piperidine rings is 1. The van der Waals surface area contributed by atoms with Crippen LogP contribution in [0.3, 0.4) is 0 Å². The first kappa shape index (κ1) is 17.8. The van der Waals surface area contributed by atoms with Crippen molar-refractivity contribution in [2.45, 2.75) is 31.7 Å². The number of halogens is 2. The van der Waals surface area contributed by atoms with E-state index in [1.54, 1.807) is 24.3 Å². The van der Waals surface area contributed by atoms with Crippen molar-refractivity contribution < 1.29 is 13.3 Å². The summed E-state index contributed by atoms with van der Waals surface area (Å²) in [6.45, 7) is 3.82. The minimum Gasteiger partial charge on any atom is -0.339 e. The number of rotatable bonds is 4. The van der Waals surface area contributed by atoms with E-state index in [-0.39, 0.29) is 23.6 Å². The summed E-state index contributed by atoms with van der Waals surface area (Å²) in [7, 11) is 0. The summed E-state index contributed by atoms with van der Waals surface area (Å²) < 4.78 is 32.1. The molecule has 2 heterocycles. The molecule has 2 atom stereocenters. The Kier molecular flexibility index (Phi) is 4.99. The van der Waals surface area contributed by atoms with E-state index in [4.69, 9.17) is 4.52 Å². The summed E-state index contributed by atoms with van der Waals surface area (Å²) in [5.41, 5.74) is 1.69. The molecule has 0 unspecified atom stereocenters. The molecule has 0 saturated carbocycles. The minimum absolute atomic E-state index is 0.114. The van der Waals surface area contributed by atoms with Gasteiger partial charge in [-0.05, 0) is 68.3 Å². The van der Waals surface area contributed by atoms with Crippen molar-refractivity contribution in [2.24, 2.45) is 0 Å². The van der Waals surface area contributed by atoms with E-state index in [2.05, 4.69) is 22.0 Å². The average Bonchev–Trinajstić information content (AvgIpc) is 3.18. The molecule has 140 valence electrons. The highest BCUT2D eigenvalue weighted by Crippen LogP contribution is 2.32. The highest BCUT2D eigenvalue weighted by Gasteiger charge is 2.29. The zero-order valence-corrected chi connectivity index (χ0v) is 15.1. The van der Waals surface area contributed by atoms with Gasteiger partial charge in [-0.2, -0.15) is 4.98 Å². The van der Waals surface area contributed by atoms with Gasteiger partial charge in [-0.3, -0.25) is 4.90 Å². The molecule has 27 heavy (non-hydrogen) atoms. The van der Waals surface area contributed by atoms with Crippen LogP contribution in [-0.4, -0.2) is 28.1 Å². The molecule has 1 fully saturated rings. The van der Waals surface area contributed by atoms with E-state index in [1.807, 2.05) is 6.07 Å². The Balaban J connectivity index is 1.49. The molecule has 1 saturated heterocycles.